The van der Waals surface area contributed by atoms with E-state index in [1.807, 2.05) is 20.8 Å². The molecule has 1 atom stereocenters. The summed E-state index contributed by atoms with van der Waals surface area (Å²) in [5.74, 6) is 0.134. The van der Waals surface area contributed by atoms with Crippen LogP contribution < -0.4 is 5.32 Å². The standard InChI is InChI=1S/C24H35N3O5S2/c1-23(2,3)27-21(28)19(20(34(27,30)31)17-10-8-7-9-11-17)25-13-15-33-18-12-14-26(16-18)22(29)32-24(4,5)6/h7-11,18,25H,12-16H2,1-6H3. The molecule has 2 amide bonds. The van der Waals surface area contributed by atoms with Crippen LogP contribution in [0.1, 0.15) is 53.5 Å². The molecular formula is C24H35N3O5S2. The van der Waals surface area contributed by atoms with Crippen LogP contribution in [0.25, 0.3) is 4.91 Å². The third-order valence-electron chi connectivity index (χ3n) is 5.32. The second kappa shape index (κ2) is 9.81. The highest BCUT2D eigenvalue weighted by Gasteiger charge is 2.49. The van der Waals surface area contributed by atoms with Crippen LogP contribution >= 0.6 is 11.8 Å². The fourth-order valence-electron chi connectivity index (χ4n) is 3.99. The molecule has 0 aliphatic carbocycles. The van der Waals surface area contributed by atoms with Crippen molar-refractivity contribution in [2.45, 2.75) is 64.4 Å². The van der Waals surface area contributed by atoms with Crippen molar-refractivity contribution in [1.82, 2.24) is 14.5 Å². The largest absolute Gasteiger partial charge is 0.444 e. The summed E-state index contributed by atoms with van der Waals surface area (Å²) in [6.07, 6.45) is 0.572. The fourth-order valence-corrected chi connectivity index (χ4v) is 7.17. The Hall–Kier alpha value is -2.20. The van der Waals surface area contributed by atoms with Gasteiger partial charge in [-0.3, -0.25) is 4.79 Å². The van der Waals surface area contributed by atoms with Crippen molar-refractivity contribution in [3.05, 3.63) is 41.6 Å². The molecule has 8 nitrogen and oxygen atoms in total. The average molecular weight is 510 g/mol. The molecule has 1 saturated heterocycles. The zero-order valence-electron chi connectivity index (χ0n) is 20.8. The van der Waals surface area contributed by atoms with Crippen LogP contribution in [-0.4, -0.2) is 71.4 Å². The number of thioether (sulfide) groups is 1. The lowest BCUT2D eigenvalue weighted by Crippen LogP contribution is -2.46. The Morgan fingerprint density at radius 2 is 1.79 bits per heavy atom. The average Bonchev–Trinajstić information content (AvgIpc) is 3.24. The molecule has 10 heteroatoms. The minimum atomic E-state index is -3.99. The normalized spacial score (nSPS) is 20.8. The molecule has 2 aliphatic heterocycles. The first kappa shape index (κ1) is 26.4. The van der Waals surface area contributed by atoms with Crippen molar-refractivity contribution in [2.75, 3.05) is 25.4 Å². The van der Waals surface area contributed by atoms with Crippen LogP contribution in [0.15, 0.2) is 36.0 Å². The van der Waals surface area contributed by atoms with Crippen LogP contribution in [0, 0.1) is 0 Å². The Labute approximate surface area is 207 Å². The van der Waals surface area contributed by atoms with Gasteiger partial charge >= 0.3 is 6.09 Å². The van der Waals surface area contributed by atoms with Gasteiger partial charge in [-0.05, 0) is 53.5 Å². The van der Waals surface area contributed by atoms with Crippen LogP contribution in [0.5, 0.6) is 0 Å². The first-order chi connectivity index (χ1) is 15.7. The number of ether oxygens (including phenoxy) is 1. The Bertz CT molecular complexity index is 1060. The smallest absolute Gasteiger partial charge is 0.410 e. The maximum Gasteiger partial charge on any atom is 0.410 e. The summed E-state index contributed by atoms with van der Waals surface area (Å²) in [6, 6.07) is 8.72. The number of likely N-dealkylation sites (tertiary alicyclic amines) is 1. The van der Waals surface area contributed by atoms with Gasteiger partial charge in [0.25, 0.3) is 15.9 Å². The third kappa shape index (κ3) is 5.89. The molecule has 1 fully saturated rings. The number of sulfonamides is 1. The molecule has 1 aromatic rings. The first-order valence-electron chi connectivity index (χ1n) is 11.4. The molecule has 3 rings (SSSR count). The summed E-state index contributed by atoms with van der Waals surface area (Å²) in [5, 5.41) is 3.38. The molecular weight excluding hydrogens is 474 g/mol. The van der Waals surface area contributed by atoms with Crippen molar-refractivity contribution < 1.29 is 22.7 Å². The molecule has 188 valence electrons. The predicted octanol–water partition coefficient (Wildman–Crippen LogP) is 3.66. The van der Waals surface area contributed by atoms with Crippen molar-refractivity contribution >= 4 is 38.7 Å². The lowest BCUT2D eigenvalue weighted by molar-refractivity contribution is -0.125. The quantitative estimate of drug-likeness (QED) is 0.585. The molecule has 34 heavy (non-hydrogen) atoms. The number of hydrogen-bond donors (Lipinski definition) is 1. The lowest BCUT2D eigenvalue weighted by Gasteiger charge is -2.30. The Kier molecular flexibility index (Phi) is 7.62. The van der Waals surface area contributed by atoms with Crippen molar-refractivity contribution in [3.63, 3.8) is 0 Å². The van der Waals surface area contributed by atoms with Gasteiger partial charge in [0, 0.05) is 30.6 Å². The topological polar surface area (TPSA) is 96.0 Å². The first-order valence-corrected chi connectivity index (χ1v) is 13.9. The maximum atomic E-state index is 13.4. The molecule has 0 aromatic heterocycles. The highest BCUT2D eigenvalue weighted by molar-refractivity contribution is 8.00. The number of benzene rings is 1. The summed E-state index contributed by atoms with van der Waals surface area (Å²) in [5.41, 5.74) is -0.806. The Balaban J connectivity index is 1.66. The highest BCUT2D eigenvalue weighted by Crippen LogP contribution is 2.38. The second-order valence-electron chi connectivity index (χ2n) is 10.5. The summed E-state index contributed by atoms with van der Waals surface area (Å²) in [6.45, 7) is 12.4. The molecule has 2 aliphatic rings. The van der Waals surface area contributed by atoms with E-state index >= 15 is 0 Å². The molecule has 1 N–H and O–H groups in total. The number of rotatable bonds is 6. The molecule has 0 spiro atoms. The summed E-state index contributed by atoms with van der Waals surface area (Å²) in [7, 11) is -3.99. The van der Waals surface area contributed by atoms with Gasteiger partial charge in [-0.2, -0.15) is 11.8 Å². The number of amides is 2. The molecule has 1 unspecified atom stereocenters. The van der Waals surface area contributed by atoms with E-state index in [9.17, 15) is 18.0 Å². The summed E-state index contributed by atoms with van der Waals surface area (Å²) >= 11 is 1.70. The fraction of sp³-hybridized carbons (Fsp3) is 0.583. The number of hydrogen-bond acceptors (Lipinski definition) is 7. The van der Waals surface area contributed by atoms with Crippen molar-refractivity contribution in [1.29, 1.82) is 0 Å². The van der Waals surface area contributed by atoms with Gasteiger partial charge in [0.05, 0.1) is 5.54 Å². The molecule has 0 bridgehead atoms. The minimum Gasteiger partial charge on any atom is -0.444 e. The van der Waals surface area contributed by atoms with E-state index in [4.69, 9.17) is 4.74 Å². The van der Waals surface area contributed by atoms with E-state index in [0.717, 1.165) is 10.7 Å². The van der Waals surface area contributed by atoms with E-state index in [1.54, 1.807) is 67.8 Å². The van der Waals surface area contributed by atoms with Gasteiger partial charge in [-0.25, -0.2) is 17.5 Å². The van der Waals surface area contributed by atoms with Gasteiger partial charge in [-0.15, -0.1) is 0 Å². The van der Waals surface area contributed by atoms with Crippen LogP contribution in [-0.2, 0) is 19.6 Å². The van der Waals surface area contributed by atoms with Crippen molar-refractivity contribution in [3.8, 4) is 0 Å². The number of carbonyl (C=O) groups excluding carboxylic acids is 2. The zero-order valence-corrected chi connectivity index (χ0v) is 22.4. The van der Waals surface area contributed by atoms with E-state index in [-0.39, 0.29) is 21.9 Å². The zero-order chi connectivity index (χ0) is 25.3. The van der Waals surface area contributed by atoms with E-state index in [1.165, 1.54) is 0 Å². The Morgan fingerprint density at radius 1 is 1.15 bits per heavy atom. The molecule has 0 radical (unpaired) electrons. The molecule has 1 aromatic carbocycles. The van der Waals surface area contributed by atoms with Gasteiger partial charge in [0.1, 0.15) is 16.2 Å². The van der Waals surface area contributed by atoms with Gasteiger partial charge in [0.15, 0.2) is 0 Å². The third-order valence-corrected chi connectivity index (χ3v) is 8.77. The van der Waals surface area contributed by atoms with Crippen molar-refractivity contribution in [2.24, 2.45) is 0 Å². The van der Waals surface area contributed by atoms with Crippen LogP contribution in [0.2, 0.25) is 0 Å². The van der Waals surface area contributed by atoms with Gasteiger partial charge < -0.3 is 15.0 Å². The molecule has 0 saturated carbocycles. The number of nitrogens with one attached hydrogen (secondary N) is 1. The minimum absolute atomic E-state index is 0.0231. The van der Waals surface area contributed by atoms with E-state index in [2.05, 4.69) is 5.32 Å². The number of carbonyl (C=O) groups is 2. The lowest BCUT2D eigenvalue weighted by atomic mass is 10.1. The monoisotopic (exact) mass is 509 g/mol. The Morgan fingerprint density at radius 3 is 2.38 bits per heavy atom. The van der Waals surface area contributed by atoms with Gasteiger partial charge in [0.2, 0.25) is 0 Å². The number of nitrogens with zero attached hydrogens (tertiary/aromatic N) is 2. The summed E-state index contributed by atoms with van der Waals surface area (Å²) in [4.78, 5) is 27.2. The molecule has 2 heterocycles. The van der Waals surface area contributed by atoms with E-state index in [0.29, 0.717) is 31.0 Å². The second-order valence-corrected chi connectivity index (χ2v) is 13.6. The predicted molar refractivity (Wildman–Crippen MR) is 136 cm³/mol. The summed E-state index contributed by atoms with van der Waals surface area (Å²) < 4.78 is 33.1. The SMILES string of the molecule is CC(C)(C)OC(=O)N1CCC(SCCNC2=C(c3ccccc3)S(=O)(=O)N(C(C)(C)C)C2=O)C1. The van der Waals surface area contributed by atoms with Crippen LogP contribution in [0.4, 0.5) is 4.79 Å². The van der Waals surface area contributed by atoms with Crippen LogP contribution in [0.3, 0.4) is 0 Å². The maximum absolute atomic E-state index is 13.4. The van der Waals surface area contributed by atoms with Gasteiger partial charge in [-0.1, -0.05) is 30.3 Å². The highest BCUT2D eigenvalue weighted by atomic mass is 32.2. The van der Waals surface area contributed by atoms with E-state index < -0.39 is 27.1 Å².